The van der Waals surface area contributed by atoms with Crippen molar-refractivity contribution in [2.75, 3.05) is 36.6 Å². The van der Waals surface area contributed by atoms with Crippen molar-refractivity contribution in [1.82, 2.24) is 24.1 Å². The lowest BCUT2D eigenvalue weighted by molar-refractivity contribution is 0.263. The van der Waals surface area contributed by atoms with Crippen molar-refractivity contribution in [1.29, 1.82) is 0 Å². The second-order valence-electron chi connectivity index (χ2n) is 6.64. The third kappa shape index (κ3) is 5.31. The molecule has 154 valence electrons. The maximum absolute atomic E-state index is 12.0. The molecule has 0 amide bonds. The number of nitrogens with zero attached hydrogens (tertiary/aromatic N) is 5. The minimum absolute atomic E-state index is 0.00169. The van der Waals surface area contributed by atoms with Gasteiger partial charge in [-0.25, -0.2) is 13.4 Å². The average Bonchev–Trinajstić information content (AvgIpc) is 3.09. The Labute approximate surface area is 169 Å². The minimum atomic E-state index is -3.25. The summed E-state index contributed by atoms with van der Waals surface area (Å²) >= 11 is 6.20. The molecule has 0 aromatic carbocycles. The Hall–Kier alpha value is -1.95. The lowest BCUT2D eigenvalue weighted by Gasteiger charge is -2.33. The van der Waals surface area contributed by atoms with E-state index < -0.39 is 10.0 Å². The lowest BCUT2D eigenvalue weighted by Crippen LogP contribution is -2.46. The van der Waals surface area contributed by atoms with Gasteiger partial charge < -0.3 is 15.7 Å². The van der Waals surface area contributed by atoms with E-state index in [2.05, 4.69) is 25.7 Å². The zero-order valence-electron chi connectivity index (χ0n) is 15.5. The Balaban J connectivity index is 1.67. The van der Waals surface area contributed by atoms with Crippen molar-refractivity contribution >= 4 is 39.1 Å². The number of rotatable bonds is 8. The van der Waals surface area contributed by atoms with Crippen LogP contribution < -0.4 is 10.6 Å². The fourth-order valence-corrected chi connectivity index (χ4v) is 4.50. The van der Waals surface area contributed by atoms with Crippen LogP contribution in [-0.4, -0.2) is 69.6 Å². The SMILES string of the molecule is CS(=O)(=O)N1CCCCC1CNc1nc(Nc2cnn(CCO)c2)ncc1Cl. The van der Waals surface area contributed by atoms with Crippen LogP contribution in [0.4, 0.5) is 17.5 Å². The quantitative estimate of drug-likeness (QED) is 0.573. The van der Waals surface area contributed by atoms with Crippen LogP contribution in [0.1, 0.15) is 19.3 Å². The van der Waals surface area contributed by atoms with E-state index in [1.807, 2.05) is 0 Å². The van der Waals surface area contributed by atoms with Gasteiger partial charge in [-0.1, -0.05) is 18.0 Å². The summed E-state index contributed by atoms with van der Waals surface area (Å²) < 4.78 is 27.1. The molecule has 1 aliphatic rings. The molecule has 3 rings (SSSR count). The summed E-state index contributed by atoms with van der Waals surface area (Å²) in [7, 11) is -3.25. The highest BCUT2D eigenvalue weighted by Gasteiger charge is 2.29. The molecule has 1 saturated heterocycles. The number of sulfonamides is 1. The first kappa shape index (κ1) is 20.8. The molecule has 0 radical (unpaired) electrons. The van der Waals surface area contributed by atoms with Crippen molar-refractivity contribution in [2.45, 2.75) is 31.8 Å². The van der Waals surface area contributed by atoms with Crippen molar-refractivity contribution < 1.29 is 13.5 Å². The van der Waals surface area contributed by atoms with E-state index in [0.717, 1.165) is 19.3 Å². The Kier molecular flexibility index (Phi) is 6.70. The van der Waals surface area contributed by atoms with Crippen LogP contribution in [0, 0.1) is 0 Å². The van der Waals surface area contributed by atoms with Crippen molar-refractivity contribution in [3.8, 4) is 0 Å². The first-order valence-corrected chi connectivity index (χ1v) is 11.2. The fraction of sp³-hybridized carbons (Fsp3) is 0.562. The highest BCUT2D eigenvalue weighted by atomic mass is 35.5. The molecule has 0 bridgehead atoms. The first-order chi connectivity index (χ1) is 13.4. The van der Waals surface area contributed by atoms with Gasteiger partial charge in [0.1, 0.15) is 5.02 Å². The number of piperidine rings is 1. The highest BCUT2D eigenvalue weighted by molar-refractivity contribution is 7.88. The summed E-state index contributed by atoms with van der Waals surface area (Å²) in [6.45, 7) is 1.34. The number of nitrogens with one attached hydrogen (secondary N) is 2. The van der Waals surface area contributed by atoms with E-state index in [1.165, 1.54) is 16.8 Å². The third-order valence-electron chi connectivity index (χ3n) is 4.47. The molecule has 28 heavy (non-hydrogen) atoms. The number of aliphatic hydroxyl groups excluding tert-OH is 1. The van der Waals surface area contributed by atoms with Crippen LogP contribution in [0.2, 0.25) is 5.02 Å². The van der Waals surface area contributed by atoms with Gasteiger partial charge in [-0.2, -0.15) is 14.4 Å². The Morgan fingerprint density at radius 3 is 2.93 bits per heavy atom. The second-order valence-corrected chi connectivity index (χ2v) is 8.98. The van der Waals surface area contributed by atoms with Crippen LogP contribution in [0.3, 0.4) is 0 Å². The summed E-state index contributed by atoms with van der Waals surface area (Å²) in [6.07, 6.45) is 8.70. The van der Waals surface area contributed by atoms with Gasteiger partial charge in [0.05, 0.1) is 37.5 Å². The van der Waals surface area contributed by atoms with E-state index in [4.69, 9.17) is 16.7 Å². The van der Waals surface area contributed by atoms with Crippen molar-refractivity contribution in [3.05, 3.63) is 23.6 Å². The smallest absolute Gasteiger partial charge is 0.229 e. The second kappa shape index (κ2) is 9.03. The number of hydrogen-bond acceptors (Lipinski definition) is 8. The van der Waals surface area contributed by atoms with E-state index in [1.54, 1.807) is 17.1 Å². The summed E-state index contributed by atoms with van der Waals surface area (Å²) in [6, 6.07) is -0.136. The van der Waals surface area contributed by atoms with Gasteiger partial charge in [0.25, 0.3) is 0 Å². The fourth-order valence-electron chi connectivity index (χ4n) is 3.16. The number of hydrogen-bond donors (Lipinski definition) is 3. The largest absolute Gasteiger partial charge is 0.394 e. The molecule has 2 aromatic heterocycles. The molecule has 1 unspecified atom stereocenters. The zero-order chi connectivity index (χ0) is 20.1. The van der Waals surface area contributed by atoms with Gasteiger partial charge in [0.2, 0.25) is 16.0 Å². The Morgan fingerprint density at radius 2 is 2.18 bits per heavy atom. The first-order valence-electron chi connectivity index (χ1n) is 9.00. The summed E-state index contributed by atoms with van der Waals surface area (Å²) in [4.78, 5) is 8.53. The molecule has 1 atom stereocenters. The average molecular weight is 430 g/mol. The predicted molar refractivity (Wildman–Crippen MR) is 107 cm³/mol. The molecule has 0 aliphatic carbocycles. The molecule has 0 saturated carbocycles. The van der Waals surface area contributed by atoms with Gasteiger partial charge in [-0.05, 0) is 12.8 Å². The topological polar surface area (TPSA) is 125 Å². The van der Waals surface area contributed by atoms with Crippen LogP contribution in [-0.2, 0) is 16.6 Å². The van der Waals surface area contributed by atoms with Crippen molar-refractivity contribution in [2.24, 2.45) is 0 Å². The molecule has 2 aromatic rings. The maximum atomic E-state index is 12.0. The summed E-state index contributed by atoms with van der Waals surface area (Å²) in [5, 5.41) is 19.6. The molecule has 1 aliphatic heterocycles. The molecular weight excluding hydrogens is 406 g/mol. The Bertz CT molecular complexity index is 905. The molecule has 1 fully saturated rings. The van der Waals surface area contributed by atoms with Gasteiger partial charge >= 0.3 is 0 Å². The van der Waals surface area contributed by atoms with Crippen LogP contribution >= 0.6 is 11.6 Å². The lowest BCUT2D eigenvalue weighted by atomic mass is 10.1. The molecule has 10 nitrogen and oxygen atoms in total. The number of aromatic nitrogens is 4. The Morgan fingerprint density at radius 1 is 1.36 bits per heavy atom. The molecular formula is C16H24ClN7O3S. The molecule has 3 heterocycles. The monoisotopic (exact) mass is 429 g/mol. The van der Waals surface area contributed by atoms with E-state index in [9.17, 15) is 8.42 Å². The van der Waals surface area contributed by atoms with E-state index >= 15 is 0 Å². The normalized spacial score (nSPS) is 18.2. The zero-order valence-corrected chi connectivity index (χ0v) is 17.1. The summed E-state index contributed by atoms with van der Waals surface area (Å²) in [5.74, 6) is 0.764. The van der Waals surface area contributed by atoms with Gasteiger partial charge in [-0.15, -0.1) is 0 Å². The molecule has 3 N–H and O–H groups in total. The van der Waals surface area contributed by atoms with Crippen molar-refractivity contribution in [3.63, 3.8) is 0 Å². The third-order valence-corrected chi connectivity index (χ3v) is 6.08. The number of aliphatic hydroxyl groups is 1. The molecule has 12 heteroatoms. The standard InChI is InChI=1S/C16H24ClN7O3S/c1-28(26,27)24-5-3-2-4-13(24)9-18-15-14(17)10-19-16(22-15)21-12-8-20-23(11-12)6-7-25/h8,10-11,13,25H,2-7,9H2,1H3,(H2,18,19,21,22). The maximum Gasteiger partial charge on any atom is 0.229 e. The number of halogens is 1. The molecule has 0 spiro atoms. The van der Waals surface area contributed by atoms with E-state index in [-0.39, 0.29) is 12.6 Å². The van der Waals surface area contributed by atoms with Gasteiger partial charge in [0, 0.05) is 25.3 Å². The number of anilines is 3. The van der Waals surface area contributed by atoms with Gasteiger partial charge in [0.15, 0.2) is 5.82 Å². The predicted octanol–water partition coefficient (Wildman–Crippen LogP) is 1.29. The van der Waals surface area contributed by atoms with Crippen LogP contribution in [0.5, 0.6) is 0 Å². The van der Waals surface area contributed by atoms with Gasteiger partial charge in [-0.3, -0.25) is 4.68 Å². The minimum Gasteiger partial charge on any atom is -0.394 e. The highest BCUT2D eigenvalue weighted by Crippen LogP contribution is 2.24. The van der Waals surface area contributed by atoms with Crippen LogP contribution in [0.15, 0.2) is 18.6 Å². The summed E-state index contributed by atoms with van der Waals surface area (Å²) in [5.41, 5.74) is 0.678. The van der Waals surface area contributed by atoms with Crippen LogP contribution in [0.25, 0.3) is 0 Å². The van der Waals surface area contributed by atoms with E-state index in [0.29, 0.717) is 42.1 Å².